The van der Waals surface area contributed by atoms with Crippen molar-refractivity contribution in [2.24, 2.45) is 18.4 Å². The van der Waals surface area contributed by atoms with Gasteiger partial charge in [0.25, 0.3) is 0 Å². The molecule has 1 saturated carbocycles. The molecule has 1 aromatic rings. The van der Waals surface area contributed by atoms with Gasteiger partial charge in [-0.1, -0.05) is 6.92 Å². The second-order valence-electron chi connectivity index (χ2n) is 6.94. The highest BCUT2D eigenvalue weighted by atomic mass is 16.5. The zero-order valence-corrected chi connectivity index (χ0v) is 13.5. The van der Waals surface area contributed by atoms with Crippen molar-refractivity contribution in [3.8, 4) is 0 Å². The molecule has 2 aliphatic rings. The molecule has 1 aliphatic heterocycles. The molecule has 2 atom stereocenters. The van der Waals surface area contributed by atoms with Crippen LogP contribution in [0.3, 0.4) is 0 Å². The van der Waals surface area contributed by atoms with E-state index in [9.17, 15) is 0 Å². The van der Waals surface area contributed by atoms with Crippen LogP contribution in [0.15, 0.2) is 12.4 Å². The third-order valence-electron chi connectivity index (χ3n) is 5.12. The summed E-state index contributed by atoms with van der Waals surface area (Å²) in [5.74, 6) is 0.824. The van der Waals surface area contributed by atoms with Crippen molar-refractivity contribution in [3.05, 3.63) is 18.0 Å². The summed E-state index contributed by atoms with van der Waals surface area (Å²) >= 11 is 0. The molecule has 0 bridgehead atoms. The second-order valence-corrected chi connectivity index (χ2v) is 6.94. The molecule has 4 heteroatoms. The van der Waals surface area contributed by atoms with Crippen molar-refractivity contribution in [1.82, 2.24) is 15.1 Å². The number of nitrogens with zero attached hydrogens (tertiary/aromatic N) is 2. The van der Waals surface area contributed by atoms with Gasteiger partial charge in [0.2, 0.25) is 0 Å². The average molecular weight is 291 g/mol. The summed E-state index contributed by atoms with van der Waals surface area (Å²) < 4.78 is 8.06. The van der Waals surface area contributed by atoms with E-state index in [0.29, 0.717) is 11.5 Å². The van der Waals surface area contributed by atoms with Crippen LogP contribution in [-0.4, -0.2) is 35.6 Å². The molecule has 1 aromatic heterocycles. The van der Waals surface area contributed by atoms with Crippen LogP contribution in [0.1, 0.15) is 44.6 Å². The number of hydrogen-bond donors (Lipinski definition) is 1. The number of aromatic nitrogens is 2. The van der Waals surface area contributed by atoms with E-state index in [1.807, 2.05) is 17.9 Å². The van der Waals surface area contributed by atoms with Crippen molar-refractivity contribution in [2.45, 2.75) is 51.6 Å². The molecular formula is C17H29N3O. The minimum absolute atomic E-state index is 0.339. The predicted octanol–water partition coefficient (Wildman–Crippen LogP) is 2.54. The van der Waals surface area contributed by atoms with Gasteiger partial charge < -0.3 is 10.1 Å². The SMILES string of the molecule is CCCNCC1(CCc2cnn(C)c2)CCOC1C1CC1. The fraction of sp³-hybridized carbons (Fsp3) is 0.824. The van der Waals surface area contributed by atoms with Gasteiger partial charge in [0.15, 0.2) is 0 Å². The first-order valence-corrected chi connectivity index (χ1v) is 8.53. The van der Waals surface area contributed by atoms with E-state index < -0.39 is 0 Å². The van der Waals surface area contributed by atoms with Crippen LogP contribution in [0.5, 0.6) is 0 Å². The lowest BCUT2D eigenvalue weighted by Crippen LogP contribution is -2.42. The largest absolute Gasteiger partial charge is 0.377 e. The lowest BCUT2D eigenvalue weighted by Gasteiger charge is -2.35. The van der Waals surface area contributed by atoms with E-state index in [-0.39, 0.29) is 0 Å². The topological polar surface area (TPSA) is 39.1 Å². The Balaban J connectivity index is 1.65. The Hall–Kier alpha value is -0.870. The van der Waals surface area contributed by atoms with E-state index >= 15 is 0 Å². The standard InChI is InChI=1S/C17H29N3O/c1-3-9-18-13-17(7-6-14-11-19-20(2)12-14)8-10-21-16(17)15-4-5-15/h11-12,15-16,18H,3-10,13H2,1-2H3. The highest BCUT2D eigenvalue weighted by molar-refractivity contribution is 5.07. The van der Waals surface area contributed by atoms with Gasteiger partial charge in [0, 0.05) is 31.8 Å². The third kappa shape index (κ3) is 3.49. The summed E-state index contributed by atoms with van der Waals surface area (Å²) in [5, 5.41) is 7.97. The van der Waals surface area contributed by atoms with Crippen LogP contribution in [-0.2, 0) is 18.2 Å². The van der Waals surface area contributed by atoms with E-state index in [2.05, 4.69) is 23.5 Å². The predicted molar refractivity (Wildman–Crippen MR) is 84.2 cm³/mol. The Morgan fingerprint density at radius 3 is 3.00 bits per heavy atom. The maximum absolute atomic E-state index is 6.16. The average Bonchev–Trinajstić information content (AvgIpc) is 3.10. The molecule has 1 N–H and O–H groups in total. The van der Waals surface area contributed by atoms with Crippen molar-refractivity contribution in [3.63, 3.8) is 0 Å². The fourth-order valence-electron chi connectivity index (χ4n) is 3.80. The van der Waals surface area contributed by atoms with Gasteiger partial charge in [-0.15, -0.1) is 0 Å². The Labute approximate surface area is 128 Å². The summed E-state index contributed by atoms with van der Waals surface area (Å²) in [7, 11) is 1.99. The molecule has 2 fully saturated rings. The van der Waals surface area contributed by atoms with E-state index in [0.717, 1.165) is 32.0 Å². The second kappa shape index (κ2) is 6.49. The molecule has 0 aromatic carbocycles. The minimum atomic E-state index is 0.339. The van der Waals surface area contributed by atoms with Crippen molar-refractivity contribution >= 4 is 0 Å². The summed E-state index contributed by atoms with van der Waals surface area (Å²) in [5.41, 5.74) is 1.69. The molecule has 3 rings (SSSR count). The lowest BCUT2D eigenvalue weighted by molar-refractivity contribution is 0.0267. The van der Waals surface area contributed by atoms with Crippen molar-refractivity contribution in [1.29, 1.82) is 0 Å². The minimum Gasteiger partial charge on any atom is -0.377 e. The Bertz CT molecular complexity index is 455. The monoisotopic (exact) mass is 291 g/mol. The quantitative estimate of drug-likeness (QED) is 0.748. The first-order valence-electron chi connectivity index (χ1n) is 8.53. The first kappa shape index (κ1) is 15.0. The maximum Gasteiger partial charge on any atom is 0.0672 e. The summed E-state index contributed by atoms with van der Waals surface area (Å²) in [6, 6.07) is 0. The van der Waals surface area contributed by atoms with Crippen LogP contribution < -0.4 is 5.32 Å². The zero-order chi connectivity index (χ0) is 14.7. The van der Waals surface area contributed by atoms with Gasteiger partial charge in [-0.2, -0.15) is 5.10 Å². The van der Waals surface area contributed by atoms with Crippen LogP contribution in [0.25, 0.3) is 0 Å². The van der Waals surface area contributed by atoms with Crippen LogP contribution in [0, 0.1) is 11.3 Å². The van der Waals surface area contributed by atoms with Gasteiger partial charge in [-0.25, -0.2) is 0 Å². The number of aryl methyl sites for hydroxylation is 2. The molecule has 21 heavy (non-hydrogen) atoms. The Morgan fingerprint density at radius 2 is 2.33 bits per heavy atom. The molecule has 0 radical (unpaired) electrons. The summed E-state index contributed by atoms with van der Waals surface area (Å²) in [4.78, 5) is 0. The Kier molecular flexibility index (Phi) is 4.65. The third-order valence-corrected chi connectivity index (χ3v) is 5.12. The zero-order valence-electron chi connectivity index (χ0n) is 13.5. The molecule has 2 heterocycles. The van der Waals surface area contributed by atoms with Crippen LogP contribution in [0.2, 0.25) is 0 Å². The highest BCUT2D eigenvalue weighted by Gasteiger charge is 2.50. The molecule has 1 saturated heterocycles. The van der Waals surface area contributed by atoms with E-state index in [1.54, 1.807) is 0 Å². The van der Waals surface area contributed by atoms with Gasteiger partial charge in [-0.3, -0.25) is 4.68 Å². The number of hydrogen-bond acceptors (Lipinski definition) is 3. The van der Waals surface area contributed by atoms with Crippen molar-refractivity contribution in [2.75, 3.05) is 19.7 Å². The fourth-order valence-corrected chi connectivity index (χ4v) is 3.80. The van der Waals surface area contributed by atoms with Crippen LogP contribution in [0.4, 0.5) is 0 Å². The van der Waals surface area contributed by atoms with E-state index in [1.165, 1.54) is 37.7 Å². The smallest absolute Gasteiger partial charge is 0.0672 e. The van der Waals surface area contributed by atoms with E-state index in [4.69, 9.17) is 4.74 Å². The number of rotatable bonds is 8. The summed E-state index contributed by atoms with van der Waals surface area (Å²) in [6.45, 7) is 5.41. The lowest BCUT2D eigenvalue weighted by atomic mass is 9.74. The number of nitrogens with one attached hydrogen (secondary N) is 1. The van der Waals surface area contributed by atoms with Gasteiger partial charge in [0.1, 0.15) is 0 Å². The van der Waals surface area contributed by atoms with Crippen LogP contribution >= 0.6 is 0 Å². The molecular weight excluding hydrogens is 262 g/mol. The first-order chi connectivity index (χ1) is 10.2. The molecule has 1 aliphatic carbocycles. The van der Waals surface area contributed by atoms with Gasteiger partial charge in [-0.05, 0) is 56.6 Å². The normalized spacial score (nSPS) is 29.1. The van der Waals surface area contributed by atoms with Gasteiger partial charge in [0.05, 0.1) is 12.3 Å². The molecule has 118 valence electrons. The molecule has 2 unspecified atom stereocenters. The summed E-state index contributed by atoms with van der Waals surface area (Å²) in [6.07, 6.45) is 12.1. The molecule has 0 spiro atoms. The molecule has 0 amide bonds. The Morgan fingerprint density at radius 1 is 1.48 bits per heavy atom. The van der Waals surface area contributed by atoms with Crippen molar-refractivity contribution < 1.29 is 4.74 Å². The highest BCUT2D eigenvalue weighted by Crippen LogP contribution is 2.49. The maximum atomic E-state index is 6.16. The number of ether oxygens (including phenoxy) is 1. The molecule has 4 nitrogen and oxygen atoms in total. The van der Waals surface area contributed by atoms with Gasteiger partial charge >= 0.3 is 0 Å².